The van der Waals surface area contributed by atoms with E-state index in [0.29, 0.717) is 48.6 Å². The highest BCUT2D eigenvalue weighted by Gasteiger charge is 2.34. The van der Waals surface area contributed by atoms with Gasteiger partial charge in [0.05, 0.1) is 36.3 Å². The molecule has 4 N–H and O–H groups in total. The number of ether oxygens (including phenoxy) is 2. The van der Waals surface area contributed by atoms with E-state index in [-0.39, 0.29) is 17.3 Å². The zero-order valence-electron chi connectivity index (χ0n) is 20.2. The van der Waals surface area contributed by atoms with Crippen LogP contribution in [0, 0.1) is 11.2 Å². The van der Waals surface area contributed by atoms with E-state index < -0.39 is 6.29 Å². The third kappa shape index (κ3) is 5.13. The monoisotopic (exact) mass is 488 g/mol. The third-order valence-electron chi connectivity index (χ3n) is 6.28. The Morgan fingerprint density at radius 3 is 2.50 bits per heavy atom. The van der Waals surface area contributed by atoms with E-state index >= 15 is 0 Å². The summed E-state index contributed by atoms with van der Waals surface area (Å²) in [5, 5.41) is 3.35. The van der Waals surface area contributed by atoms with E-state index in [0.717, 1.165) is 11.1 Å². The lowest BCUT2D eigenvalue weighted by Gasteiger charge is -2.35. The second kappa shape index (κ2) is 10.1. The Hall–Kier alpha value is -3.66. The number of benzene rings is 2. The summed E-state index contributed by atoms with van der Waals surface area (Å²) < 4.78 is 25.5. The van der Waals surface area contributed by atoms with Crippen LogP contribution in [-0.4, -0.2) is 39.7 Å². The van der Waals surface area contributed by atoms with Gasteiger partial charge in [0.15, 0.2) is 5.82 Å². The van der Waals surface area contributed by atoms with Gasteiger partial charge < -0.3 is 25.5 Å². The van der Waals surface area contributed by atoms with E-state index in [1.54, 1.807) is 24.4 Å². The van der Waals surface area contributed by atoms with Crippen LogP contribution in [0.3, 0.4) is 0 Å². The molecule has 0 saturated carbocycles. The normalized spacial score (nSPS) is 20.7. The van der Waals surface area contributed by atoms with Crippen molar-refractivity contribution in [3.8, 4) is 22.6 Å². The number of nitrogens with zero attached hydrogens (tertiary/aromatic N) is 3. The molecular formula is C27H29FN6O2. The van der Waals surface area contributed by atoms with Gasteiger partial charge in [0, 0.05) is 23.7 Å². The first-order valence-corrected chi connectivity index (χ1v) is 11.9. The maximum absolute atomic E-state index is 13.6. The number of rotatable bonds is 7. The molecule has 5 rings (SSSR count). The van der Waals surface area contributed by atoms with Crippen molar-refractivity contribution >= 4 is 5.95 Å². The molecule has 0 radical (unpaired) electrons. The maximum atomic E-state index is 13.6. The molecule has 4 aromatic rings. The minimum atomic E-state index is -0.671. The Labute approximate surface area is 209 Å². The lowest BCUT2D eigenvalue weighted by atomic mass is 9.93. The molecule has 1 aliphatic rings. The molecule has 1 atom stereocenters. The second-order valence-electron chi connectivity index (χ2n) is 9.36. The van der Waals surface area contributed by atoms with Crippen LogP contribution in [-0.2, 0) is 9.47 Å². The number of hydrogen-bond acceptors (Lipinski definition) is 7. The highest BCUT2D eigenvalue weighted by atomic mass is 19.1. The van der Waals surface area contributed by atoms with Crippen LogP contribution < -0.4 is 11.1 Å². The first-order chi connectivity index (χ1) is 17.4. The summed E-state index contributed by atoms with van der Waals surface area (Å²) in [5.41, 5.74) is 9.40. The number of aromatic amines is 1. The molecule has 1 aliphatic heterocycles. The Bertz CT molecular complexity index is 1300. The fraction of sp³-hybridized carbons (Fsp3) is 0.296. The number of halogens is 1. The molecule has 0 spiro atoms. The highest BCUT2D eigenvalue weighted by molar-refractivity contribution is 5.77. The topological polar surface area (TPSA) is 111 Å². The predicted octanol–water partition coefficient (Wildman–Crippen LogP) is 4.86. The minimum absolute atomic E-state index is 0.0104. The van der Waals surface area contributed by atoms with Gasteiger partial charge in [-0.25, -0.2) is 19.3 Å². The zero-order valence-corrected chi connectivity index (χ0v) is 20.2. The lowest BCUT2D eigenvalue weighted by Crippen LogP contribution is -2.42. The molecule has 2 aromatic carbocycles. The summed E-state index contributed by atoms with van der Waals surface area (Å²) in [7, 11) is 0. The van der Waals surface area contributed by atoms with Crippen LogP contribution in [0.25, 0.3) is 22.6 Å². The molecule has 1 unspecified atom stereocenters. The Kier molecular flexibility index (Phi) is 6.77. The standard InChI is InChI=1S/C27H29FN6O2/c1-17(18-6-4-3-5-7-18)31-26-30-13-12-21(32-26)23-22(19-8-10-20(28)11-9-19)33-24(34-23)25-35-15-27(2,14-29)16-36-25/h3-13,17,25H,14-16,29H2,1-2H3,(H,33,34)(H,30,31,32). The average molecular weight is 489 g/mol. The summed E-state index contributed by atoms with van der Waals surface area (Å²) in [6.45, 7) is 5.44. The van der Waals surface area contributed by atoms with Crippen LogP contribution in [0.15, 0.2) is 66.9 Å². The van der Waals surface area contributed by atoms with E-state index in [2.05, 4.69) is 34.3 Å². The SMILES string of the molecule is CC(Nc1nccc(-c2[nH]c(C3OCC(C)(CN)CO3)nc2-c2ccc(F)cc2)n1)c1ccccc1. The zero-order chi connectivity index (χ0) is 25.1. The number of imidazole rings is 1. The molecule has 0 amide bonds. The summed E-state index contributed by atoms with van der Waals surface area (Å²) >= 11 is 0. The number of aromatic nitrogens is 4. The van der Waals surface area contributed by atoms with Gasteiger partial charge in [0.1, 0.15) is 5.82 Å². The van der Waals surface area contributed by atoms with Crippen molar-refractivity contribution in [3.63, 3.8) is 0 Å². The molecule has 1 saturated heterocycles. The van der Waals surface area contributed by atoms with Crippen molar-refractivity contribution in [1.29, 1.82) is 0 Å². The molecule has 2 aromatic heterocycles. The molecule has 1 fully saturated rings. The average Bonchev–Trinajstić information content (AvgIpc) is 3.36. The first-order valence-electron chi connectivity index (χ1n) is 11.9. The Morgan fingerprint density at radius 2 is 1.81 bits per heavy atom. The summed E-state index contributed by atoms with van der Waals surface area (Å²) in [6.07, 6.45) is 1.02. The van der Waals surface area contributed by atoms with Crippen molar-refractivity contribution in [3.05, 3.63) is 84.1 Å². The fourth-order valence-corrected chi connectivity index (χ4v) is 4.01. The van der Waals surface area contributed by atoms with Crippen molar-refractivity contribution in [2.24, 2.45) is 11.1 Å². The number of H-pyrrole nitrogens is 1. The number of nitrogens with one attached hydrogen (secondary N) is 2. The summed E-state index contributed by atoms with van der Waals surface area (Å²) in [6, 6.07) is 18.1. The lowest BCUT2D eigenvalue weighted by molar-refractivity contribution is -0.231. The molecular weight excluding hydrogens is 459 g/mol. The van der Waals surface area contributed by atoms with Crippen LogP contribution in [0.5, 0.6) is 0 Å². The van der Waals surface area contributed by atoms with Crippen LogP contribution in [0.1, 0.15) is 37.6 Å². The molecule has 186 valence electrons. The molecule has 3 heterocycles. The van der Waals surface area contributed by atoms with Crippen LogP contribution in [0.4, 0.5) is 10.3 Å². The van der Waals surface area contributed by atoms with Crippen LogP contribution >= 0.6 is 0 Å². The van der Waals surface area contributed by atoms with Gasteiger partial charge in [-0.2, -0.15) is 0 Å². The van der Waals surface area contributed by atoms with Crippen molar-refractivity contribution in [1.82, 2.24) is 19.9 Å². The van der Waals surface area contributed by atoms with E-state index in [1.165, 1.54) is 12.1 Å². The minimum Gasteiger partial charge on any atom is -0.348 e. The smallest absolute Gasteiger partial charge is 0.223 e. The first kappa shape index (κ1) is 24.1. The fourth-order valence-electron chi connectivity index (χ4n) is 4.01. The molecule has 0 bridgehead atoms. The van der Waals surface area contributed by atoms with Gasteiger partial charge in [-0.3, -0.25) is 0 Å². The molecule has 8 nitrogen and oxygen atoms in total. The molecule has 0 aliphatic carbocycles. The van der Waals surface area contributed by atoms with Crippen molar-refractivity contribution < 1.29 is 13.9 Å². The van der Waals surface area contributed by atoms with Crippen molar-refractivity contribution in [2.75, 3.05) is 25.1 Å². The Balaban J connectivity index is 1.48. The second-order valence-corrected chi connectivity index (χ2v) is 9.36. The van der Waals surface area contributed by atoms with Gasteiger partial charge in [0.2, 0.25) is 12.2 Å². The third-order valence-corrected chi connectivity index (χ3v) is 6.28. The number of hydrogen-bond donors (Lipinski definition) is 3. The van der Waals surface area contributed by atoms with Crippen LogP contribution in [0.2, 0.25) is 0 Å². The van der Waals surface area contributed by atoms with Gasteiger partial charge in [-0.05, 0) is 42.8 Å². The van der Waals surface area contributed by atoms with E-state index in [1.807, 2.05) is 25.1 Å². The highest BCUT2D eigenvalue weighted by Crippen LogP contribution is 2.35. The van der Waals surface area contributed by atoms with Gasteiger partial charge in [-0.15, -0.1) is 0 Å². The van der Waals surface area contributed by atoms with Gasteiger partial charge >= 0.3 is 0 Å². The van der Waals surface area contributed by atoms with Crippen molar-refractivity contribution in [2.45, 2.75) is 26.2 Å². The van der Waals surface area contributed by atoms with E-state index in [9.17, 15) is 4.39 Å². The number of anilines is 1. The largest absolute Gasteiger partial charge is 0.348 e. The van der Waals surface area contributed by atoms with Gasteiger partial charge in [-0.1, -0.05) is 37.3 Å². The predicted molar refractivity (Wildman–Crippen MR) is 135 cm³/mol. The Morgan fingerprint density at radius 1 is 1.08 bits per heavy atom. The maximum Gasteiger partial charge on any atom is 0.223 e. The summed E-state index contributed by atoms with van der Waals surface area (Å²) in [5.74, 6) is 0.669. The number of nitrogens with two attached hydrogens (primary N) is 1. The molecule has 9 heteroatoms. The van der Waals surface area contributed by atoms with E-state index in [4.69, 9.17) is 25.2 Å². The summed E-state index contributed by atoms with van der Waals surface area (Å²) in [4.78, 5) is 17.3. The van der Waals surface area contributed by atoms with Gasteiger partial charge in [0.25, 0.3) is 0 Å². The quantitative estimate of drug-likeness (QED) is 0.341. The molecule has 36 heavy (non-hydrogen) atoms.